The number of cyclic esters (lactones) is 1. The van der Waals surface area contributed by atoms with Gasteiger partial charge in [0, 0.05) is 17.7 Å². The molecular formula is C18H15NO7. The van der Waals surface area contributed by atoms with Gasteiger partial charge in [0.05, 0.1) is 31.8 Å². The van der Waals surface area contributed by atoms with Gasteiger partial charge in [-0.05, 0) is 29.8 Å². The monoisotopic (exact) mass is 357 g/mol. The van der Waals surface area contributed by atoms with E-state index in [-0.39, 0.29) is 17.0 Å². The maximum absolute atomic E-state index is 12.0. The molecule has 1 aliphatic rings. The van der Waals surface area contributed by atoms with E-state index in [9.17, 15) is 14.9 Å². The van der Waals surface area contributed by atoms with Gasteiger partial charge in [0.25, 0.3) is 5.69 Å². The van der Waals surface area contributed by atoms with Gasteiger partial charge in [0.2, 0.25) is 5.75 Å². The lowest BCUT2D eigenvalue weighted by Crippen LogP contribution is -1.96. The van der Waals surface area contributed by atoms with Crippen molar-refractivity contribution in [3.8, 4) is 17.2 Å². The quantitative estimate of drug-likeness (QED) is 0.460. The number of esters is 1. The summed E-state index contributed by atoms with van der Waals surface area (Å²) in [4.78, 5) is 22.4. The SMILES string of the molecule is COc1cc(/C=C2\OC(=O)c3cc([N+](=O)[O-])ccc32)cc(OC)c1OC. The second kappa shape index (κ2) is 6.75. The topological polar surface area (TPSA) is 97.1 Å². The molecule has 0 radical (unpaired) electrons. The van der Waals surface area contributed by atoms with E-state index in [4.69, 9.17) is 18.9 Å². The molecule has 0 saturated heterocycles. The van der Waals surface area contributed by atoms with E-state index >= 15 is 0 Å². The number of hydrogen-bond acceptors (Lipinski definition) is 7. The van der Waals surface area contributed by atoms with Crippen LogP contribution in [-0.2, 0) is 4.74 Å². The van der Waals surface area contributed by atoms with Gasteiger partial charge in [-0.3, -0.25) is 10.1 Å². The Kier molecular flexibility index (Phi) is 4.49. The average molecular weight is 357 g/mol. The van der Waals surface area contributed by atoms with Crippen molar-refractivity contribution in [3.05, 3.63) is 57.1 Å². The highest BCUT2D eigenvalue weighted by atomic mass is 16.6. The molecule has 0 atom stereocenters. The van der Waals surface area contributed by atoms with Crippen LogP contribution in [0.4, 0.5) is 5.69 Å². The third-order valence-electron chi connectivity index (χ3n) is 3.89. The lowest BCUT2D eigenvalue weighted by molar-refractivity contribution is -0.384. The van der Waals surface area contributed by atoms with Crippen LogP contribution in [0.15, 0.2) is 30.3 Å². The molecule has 3 rings (SSSR count). The third kappa shape index (κ3) is 2.92. The molecule has 134 valence electrons. The van der Waals surface area contributed by atoms with Gasteiger partial charge in [-0.15, -0.1) is 0 Å². The van der Waals surface area contributed by atoms with Crippen molar-refractivity contribution in [3.63, 3.8) is 0 Å². The number of nitro groups is 1. The Morgan fingerprint density at radius 3 is 2.19 bits per heavy atom. The van der Waals surface area contributed by atoms with Crippen molar-refractivity contribution >= 4 is 23.5 Å². The fourth-order valence-corrected chi connectivity index (χ4v) is 2.68. The maximum atomic E-state index is 12.0. The Balaban J connectivity index is 2.08. The van der Waals surface area contributed by atoms with Crippen molar-refractivity contribution in [1.29, 1.82) is 0 Å². The van der Waals surface area contributed by atoms with Crippen LogP contribution in [0, 0.1) is 10.1 Å². The van der Waals surface area contributed by atoms with Crippen LogP contribution in [0.2, 0.25) is 0 Å². The second-order valence-electron chi connectivity index (χ2n) is 5.34. The maximum Gasteiger partial charge on any atom is 0.344 e. The molecule has 2 aromatic carbocycles. The van der Waals surface area contributed by atoms with Crippen LogP contribution in [-0.4, -0.2) is 32.2 Å². The molecule has 2 aromatic rings. The predicted molar refractivity (Wildman–Crippen MR) is 92.5 cm³/mol. The summed E-state index contributed by atoms with van der Waals surface area (Å²) in [5, 5.41) is 10.9. The van der Waals surface area contributed by atoms with E-state index in [1.165, 1.54) is 39.5 Å². The molecule has 26 heavy (non-hydrogen) atoms. The molecule has 0 fully saturated rings. The lowest BCUT2D eigenvalue weighted by atomic mass is 10.1. The van der Waals surface area contributed by atoms with Crippen molar-refractivity contribution in [2.24, 2.45) is 0 Å². The van der Waals surface area contributed by atoms with Crippen LogP contribution in [0.1, 0.15) is 21.5 Å². The number of carbonyl (C=O) groups excluding carboxylic acids is 1. The molecular weight excluding hydrogens is 342 g/mol. The summed E-state index contributed by atoms with van der Waals surface area (Å²) >= 11 is 0. The fourth-order valence-electron chi connectivity index (χ4n) is 2.68. The number of nitrogens with zero attached hydrogens (tertiary/aromatic N) is 1. The molecule has 0 aliphatic carbocycles. The first-order chi connectivity index (χ1) is 12.5. The Labute approximate surface area is 148 Å². The van der Waals surface area contributed by atoms with E-state index in [1.807, 2.05) is 0 Å². The Hall–Kier alpha value is -3.55. The van der Waals surface area contributed by atoms with Crippen LogP contribution in [0.5, 0.6) is 17.2 Å². The van der Waals surface area contributed by atoms with Crippen LogP contribution >= 0.6 is 0 Å². The average Bonchev–Trinajstić information content (AvgIpc) is 2.95. The predicted octanol–water partition coefficient (Wildman–Crippen LogP) is 3.29. The number of rotatable bonds is 5. The normalized spacial score (nSPS) is 14.0. The first-order valence-corrected chi connectivity index (χ1v) is 7.51. The molecule has 1 aliphatic heterocycles. The minimum Gasteiger partial charge on any atom is -0.493 e. The molecule has 0 spiro atoms. The van der Waals surface area contributed by atoms with E-state index < -0.39 is 10.9 Å². The largest absolute Gasteiger partial charge is 0.493 e. The zero-order valence-corrected chi connectivity index (χ0v) is 14.3. The molecule has 8 nitrogen and oxygen atoms in total. The van der Waals surface area contributed by atoms with E-state index in [1.54, 1.807) is 18.2 Å². The molecule has 1 heterocycles. The Morgan fingerprint density at radius 2 is 1.65 bits per heavy atom. The van der Waals surface area contributed by atoms with Gasteiger partial charge in [-0.1, -0.05) is 0 Å². The van der Waals surface area contributed by atoms with E-state index in [0.29, 0.717) is 28.4 Å². The third-order valence-corrected chi connectivity index (χ3v) is 3.89. The minimum absolute atomic E-state index is 0.151. The molecule has 0 saturated carbocycles. The van der Waals surface area contributed by atoms with Crippen LogP contribution in [0.3, 0.4) is 0 Å². The first kappa shape index (κ1) is 17.3. The number of non-ortho nitro benzene ring substituents is 1. The summed E-state index contributed by atoms with van der Waals surface area (Å²) in [5.74, 6) is 0.993. The molecule has 8 heteroatoms. The zero-order valence-electron chi connectivity index (χ0n) is 14.3. The van der Waals surface area contributed by atoms with Gasteiger partial charge >= 0.3 is 5.97 Å². The second-order valence-corrected chi connectivity index (χ2v) is 5.34. The number of ether oxygens (including phenoxy) is 4. The van der Waals surface area contributed by atoms with Crippen molar-refractivity contribution in [1.82, 2.24) is 0 Å². The lowest BCUT2D eigenvalue weighted by Gasteiger charge is -2.13. The van der Waals surface area contributed by atoms with Crippen molar-refractivity contribution < 1.29 is 28.7 Å². The zero-order chi connectivity index (χ0) is 18.8. The van der Waals surface area contributed by atoms with Gasteiger partial charge in [0.15, 0.2) is 11.5 Å². The summed E-state index contributed by atoms with van der Waals surface area (Å²) in [6.07, 6.45) is 1.63. The highest BCUT2D eigenvalue weighted by Crippen LogP contribution is 2.40. The van der Waals surface area contributed by atoms with Crippen LogP contribution in [0.25, 0.3) is 11.8 Å². The number of nitro benzene ring substituents is 1. The van der Waals surface area contributed by atoms with E-state index in [0.717, 1.165) is 0 Å². The molecule has 0 unspecified atom stereocenters. The Bertz CT molecular complexity index is 908. The molecule has 0 N–H and O–H groups in total. The van der Waals surface area contributed by atoms with Gasteiger partial charge in [-0.25, -0.2) is 4.79 Å². The Morgan fingerprint density at radius 1 is 1.00 bits per heavy atom. The van der Waals surface area contributed by atoms with Gasteiger partial charge < -0.3 is 18.9 Å². The van der Waals surface area contributed by atoms with Gasteiger partial charge in [0.1, 0.15) is 5.76 Å². The summed E-state index contributed by atoms with van der Waals surface area (Å²) in [5.41, 5.74) is 1.11. The number of fused-ring (bicyclic) bond motifs is 1. The van der Waals surface area contributed by atoms with E-state index in [2.05, 4.69) is 0 Å². The summed E-state index contributed by atoms with van der Waals surface area (Å²) < 4.78 is 21.1. The molecule has 0 amide bonds. The van der Waals surface area contributed by atoms with Crippen molar-refractivity contribution in [2.45, 2.75) is 0 Å². The van der Waals surface area contributed by atoms with Crippen LogP contribution < -0.4 is 14.2 Å². The molecule has 0 aromatic heterocycles. The number of hydrogen-bond donors (Lipinski definition) is 0. The standard InChI is InChI=1S/C18H15NO7/c1-23-15-7-10(8-16(24-2)17(15)25-3)6-14-12-5-4-11(19(21)22)9-13(12)18(20)26-14/h4-9H,1-3H3/b14-6-. The van der Waals surface area contributed by atoms with Crippen molar-refractivity contribution in [2.75, 3.05) is 21.3 Å². The summed E-state index contributed by atoms with van der Waals surface area (Å²) in [6.45, 7) is 0. The number of carbonyl (C=O) groups is 1. The smallest absolute Gasteiger partial charge is 0.344 e. The first-order valence-electron chi connectivity index (χ1n) is 7.51. The number of methoxy groups -OCH3 is 3. The minimum atomic E-state index is -0.637. The highest BCUT2D eigenvalue weighted by molar-refractivity contribution is 6.06. The van der Waals surface area contributed by atoms with Gasteiger partial charge in [-0.2, -0.15) is 0 Å². The summed E-state index contributed by atoms with van der Waals surface area (Å²) in [7, 11) is 4.50. The number of benzene rings is 2. The summed E-state index contributed by atoms with van der Waals surface area (Å²) in [6, 6.07) is 7.41. The highest BCUT2D eigenvalue weighted by Gasteiger charge is 2.29. The fraction of sp³-hybridized carbons (Fsp3) is 0.167. The molecule has 0 bridgehead atoms.